The van der Waals surface area contributed by atoms with Crippen molar-refractivity contribution in [1.29, 1.82) is 5.26 Å². The zero-order valence-electron chi connectivity index (χ0n) is 32.3. The van der Waals surface area contributed by atoms with Gasteiger partial charge in [-0.15, -0.1) is 0 Å². The molecule has 0 saturated carbocycles. The smallest absolute Gasteiger partial charge is 0.419 e. The zero-order valence-corrected chi connectivity index (χ0v) is 33.9. The molecule has 1 aromatic heterocycles. The van der Waals surface area contributed by atoms with Gasteiger partial charge in [0, 0.05) is 62.2 Å². The van der Waals surface area contributed by atoms with Crippen molar-refractivity contribution < 1.29 is 37.1 Å². The molecule has 0 spiro atoms. The first-order chi connectivity index (χ1) is 27.5. The molecule has 2 aromatic carbocycles. The number of piperazine rings is 1. The third kappa shape index (κ3) is 9.50. The van der Waals surface area contributed by atoms with Gasteiger partial charge in [0.25, 0.3) is 5.91 Å². The summed E-state index contributed by atoms with van der Waals surface area (Å²) in [5.41, 5.74) is -0.405. The number of rotatable bonds is 13. The first-order valence-corrected chi connectivity index (χ1v) is 19.8. The summed E-state index contributed by atoms with van der Waals surface area (Å²) < 4.78 is 47.4. The quantitative estimate of drug-likeness (QED) is 0.172. The molecule has 1 N–H and O–H groups in total. The second-order valence-corrected chi connectivity index (χ2v) is 16.0. The lowest BCUT2D eigenvalue weighted by molar-refractivity contribution is -0.138. The average Bonchev–Trinajstić information content (AvgIpc) is 3.34. The van der Waals surface area contributed by atoms with Gasteiger partial charge in [-0.3, -0.25) is 39.2 Å². The van der Waals surface area contributed by atoms with Crippen molar-refractivity contribution in [2.75, 3.05) is 55.7 Å². The Hall–Kier alpha value is -4.95. The first kappa shape index (κ1) is 42.7. The van der Waals surface area contributed by atoms with E-state index in [0.29, 0.717) is 74.9 Å². The Balaban J connectivity index is 1.00. The molecule has 3 saturated heterocycles. The highest BCUT2D eigenvalue weighted by molar-refractivity contribution is 7.81. The Morgan fingerprint density at radius 2 is 1.76 bits per heavy atom. The molecule has 12 nitrogen and oxygen atoms in total. The molecule has 3 aromatic rings. The molecule has 306 valence electrons. The van der Waals surface area contributed by atoms with E-state index in [-0.39, 0.29) is 40.7 Å². The van der Waals surface area contributed by atoms with Crippen LogP contribution in [0.4, 0.5) is 24.5 Å². The van der Waals surface area contributed by atoms with Crippen LogP contribution >= 0.6 is 23.8 Å². The van der Waals surface area contributed by atoms with E-state index in [1.165, 1.54) is 6.07 Å². The van der Waals surface area contributed by atoms with Gasteiger partial charge in [0.1, 0.15) is 24.0 Å². The van der Waals surface area contributed by atoms with Crippen LogP contribution in [0.5, 0.6) is 5.75 Å². The van der Waals surface area contributed by atoms with Crippen molar-refractivity contribution in [3.8, 4) is 11.8 Å². The number of aromatic nitrogens is 1. The third-order valence-corrected chi connectivity index (χ3v) is 11.3. The molecule has 0 bridgehead atoms. The zero-order chi connectivity index (χ0) is 41.9. The Labute approximate surface area is 344 Å². The number of Topliss-reactive ketones (excluding diaryl/α,β-unsaturated/α-hetero) is 1. The highest BCUT2D eigenvalue weighted by atomic mass is 35.5. The number of hydrogen-bond acceptors (Lipinski definition) is 10. The number of nitriles is 1. The number of pyridine rings is 1. The number of ether oxygens (including phenoxy) is 1. The van der Waals surface area contributed by atoms with Crippen molar-refractivity contribution in [1.82, 2.24) is 20.1 Å². The van der Waals surface area contributed by atoms with Gasteiger partial charge in [-0.2, -0.15) is 18.4 Å². The Kier molecular flexibility index (Phi) is 12.9. The molecule has 3 aliphatic rings. The summed E-state index contributed by atoms with van der Waals surface area (Å²) in [7, 11) is 0. The summed E-state index contributed by atoms with van der Waals surface area (Å²) in [5, 5.41) is 12.0. The first-order valence-electron chi connectivity index (χ1n) is 19.0. The summed E-state index contributed by atoms with van der Waals surface area (Å²) in [6.45, 7) is 9.57. The lowest BCUT2D eigenvalue weighted by atomic mass is 9.90. The average molecular weight is 838 g/mol. The largest absolute Gasteiger partial charge is 0.492 e. The number of imide groups is 1. The van der Waals surface area contributed by atoms with E-state index in [4.69, 9.17) is 33.8 Å². The number of hydrogen-bond donors (Lipinski definition) is 1. The van der Waals surface area contributed by atoms with Gasteiger partial charge in [0.15, 0.2) is 16.6 Å². The highest BCUT2D eigenvalue weighted by Crippen LogP contribution is 2.40. The van der Waals surface area contributed by atoms with Gasteiger partial charge in [0.05, 0.1) is 24.0 Å². The van der Waals surface area contributed by atoms with E-state index in [9.17, 15) is 32.3 Å². The Bertz CT molecular complexity index is 2170. The fourth-order valence-electron chi connectivity index (χ4n) is 7.60. The number of carbonyl (C=O) groups is 4. The molecule has 1 unspecified atom stereocenters. The van der Waals surface area contributed by atoms with Crippen molar-refractivity contribution in [2.24, 2.45) is 5.92 Å². The van der Waals surface area contributed by atoms with Crippen molar-refractivity contribution in [3.63, 3.8) is 0 Å². The number of nitrogens with zero attached hydrogens (tertiary/aromatic N) is 6. The van der Waals surface area contributed by atoms with Gasteiger partial charge in [-0.1, -0.05) is 24.6 Å². The Morgan fingerprint density at radius 3 is 2.43 bits per heavy atom. The maximum absolute atomic E-state index is 13.7. The number of amides is 3. The summed E-state index contributed by atoms with van der Waals surface area (Å²) in [5.74, 6) is -0.660. The van der Waals surface area contributed by atoms with E-state index in [1.807, 2.05) is 19.1 Å². The second kappa shape index (κ2) is 17.5. The number of carbonyl (C=O) groups excluding carboxylic acids is 4. The minimum atomic E-state index is -4.86. The van der Waals surface area contributed by atoms with Crippen molar-refractivity contribution in [3.05, 3.63) is 81.6 Å². The van der Waals surface area contributed by atoms with Gasteiger partial charge < -0.3 is 9.64 Å². The van der Waals surface area contributed by atoms with E-state index in [0.717, 1.165) is 46.9 Å². The standard InChI is InChI=1S/C41H43ClF3N7O5S/c1-4-27-20-30(52-39(58)51(38(56)40(52,2)3)31-21-33(41(43,44)45)34(22-46)47-23-31)6-7-35(27)57-14-13-49-9-11-50(12-10-49)24-32(53)19-26-15-25(17-29(42)18-26)16-28-5-8-36(54)48-37(28)55/h6-7,15,17-18,20-21,23,28H,4-5,8-14,16,19,24H2,1-3H3,(H,48,54,55). The molecular weight excluding hydrogens is 795 g/mol. The number of nitrogens with one attached hydrogen (secondary N) is 1. The molecule has 1 atom stereocenters. The van der Waals surface area contributed by atoms with Crippen LogP contribution in [0.2, 0.25) is 5.02 Å². The van der Waals surface area contributed by atoms with Crippen LogP contribution < -0.4 is 19.9 Å². The number of piperidine rings is 1. The predicted octanol–water partition coefficient (Wildman–Crippen LogP) is 5.51. The number of alkyl halides is 3. The molecule has 58 heavy (non-hydrogen) atoms. The van der Waals surface area contributed by atoms with Crippen LogP contribution in [0.3, 0.4) is 0 Å². The molecule has 0 aliphatic carbocycles. The van der Waals surface area contributed by atoms with E-state index < -0.39 is 28.9 Å². The number of benzene rings is 2. The number of thiocarbonyl (C=S) groups is 1. The van der Waals surface area contributed by atoms with Gasteiger partial charge in [-0.05, 0) is 98.4 Å². The second-order valence-electron chi connectivity index (χ2n) is 15.2. The third-order valence-electron chi connectivity index (χ3n) is 10.7. The highest BCUT2D eigenvalue weighted by Gasteiger charge is 2.51. The number of ketones is 1. The minimum absolute atomic E-state index is 0.0215. The van der Waals surface area contributed by atoms with Crippen molar-refractivity contribution >= 4 is 63.8 Å². The van der Waals surface area contributed by atoms with Gasteiger partial charge in [0.2, 0.25) is 11.8 Å². The molecular formula is C41H43ClF3N7O5S. The van der Waals surface area contributed by atoms with Gasteiger partial charge >= 0.3 is 6.18 Å². The monoisotopic (exact) mass is 837 g/mol. The molecule has 4 heterocycles. The molecule has 6 rings (SSSR count). The predicted molar refractivity (Wildman–Crippen MR) is 215 cm³/mol. The number of anilines is 2. The lowest BCUT2D eigenvalue weighted by Crippen LogP contribution is -2.48. The van der Waals surface area contributed by atoms with Crippen LogP contribution in [0, 0.1) is 17.2 Å². The fourth-order valence-corrected chi connectivity index (χ4v) is 8.41. The van der Waals surface area contributed by atoms with E-state index in [2.05, 4.69) is 20.1 Å². The molecule has 0 radical (unpaired) electrons. The van der Waals surface area contributed by atoms with E-state index >= 15 is 0 Å². The van der Waals surface area contributed by atoms with Crippen LogP contribution in [-0.4, -0.2) is 94.8 Å². The normalized spacial score (nSPS) is 19.0. The fraction of sp³-hybridized carbons (Fsp3) is 0.439. The van der Waals surface area contributed by atoms with Crippen LogP contribution in [0.1, 0.15) is 61.6 Å². The SMILES string of the molecule is CCc1cc(N2C(=S)N(c3cnc(C#N)c(C(F)(F)F)c3)C(=O)C2(C)C)ccc1OCCN1CCN(CC(=O)Cc2cc(Cl)cc(CC3CCC(=O)NC3=O)c2)CC1. The maximum atomic E-state index is 13.7. The van der Waals surface area contributed by atoms with Crippen LogP contribution in [-0.2, 0) is 44.6 Å². The lowest BCUT2D eigenvalue weighted by Gasteiger charge is -2.34. The summed E-state index contributed by atoms with van der Waals surface area (Å²) in [6, 6.07) is 13.1. The number of halogens is 4. The van der Waals surface area contributed by atoms with E-state index in [1.54, 1.807) is 43.0 Å². The topological polar surface area (TPSA) is 139 Å². The van der Waals surface area contributed by atoms with Crippen molar-refractivity contribution in [2.45, 2.75) is 64.6 Å². The number of aryl methyl sites for hydroxylation is 1. The molecule has 3 amide bonds. The van der Waals surface area contributed by atoms with Gasteiger partial charge in [-0.25, -0.2) is 4.98 Å². The maximum Gasteiger partial charge on any atom is 0.419 e. The molecule has 3 fully saturated rings. The summed E-state index contributed by atoms with van der Waals surface area (Å²) in [6.07, 6.45) is -1.75. The van der Waals surface area contributed by atoms with Crippen LogP contribution in [0.15, 0.2) is 48.7 Å². The molecule has 17 heteroatoms. The minimum Gasteiger partial charge on any atom is -0.492 e. The van der Waals surface area contributed by atoms with Crippen LogP contribution in [0.25, 0.3) is 0 Å². The molecule has 3 aliphatic heterocycles. The summed E-state index contributed by atoms with van der Waals surface area (Å²) in [4.78, 5) is 61.2. The Morgan fingerprint density at radius 1 is 1.05 bits per heavy atom. The summed E-state index contributed by atoms with van der Waals surface area (Å²) >= 11 is 12.0.